The first-order chi connectivity index (χ1) is 16.0. The number of benzene rings is 2. The van der Waals surface area contributed by atoms with Crippen LogP contribution >= 0.6 is 11.8 Å². The standard InChI is InChI=1S/C23H26N6O3S/c1-27-16-24-26-23(27)33-15-21(30)25-17-7-9-18(10-8-17)28-11-13-29(14-12-28)22(31)19-5-3-4-6-20(19)32-2/h3-10,16H,11-15H2,1-2H3,(H,25,30). The van der Waals surface area contributed by atoms with Crippen molar-refractivity contribution in [3.05, 3.63) is 60.4 Å². The monoisotopic (exact) mass is 466 g/mol. The molecule has 0 saturated carbocycles. The highest BCUT2D eigenvalue weighted by atomic mass is 32.2. The largest absolute Gasteiger partial charge is 0.496 e. The maximum absolute atomic E-state index is 12.9. The van der Waals surface area contributed by atoms with E-state index in [1.807, 2.05) is 48.3 Å². The number of carbonyl (C=O) groups is 2. The number of para-hydroxylation sites is 1. The van der Waals surface area contributed by atoms with Gasteiger partial charge in [-0.05, 0) is 36.4 Å². The predicted octanol–water partition coefficient (Wildman–Crippen LogP) is 2.52. The lowest BCUT2D eigenvalue weighted by Crippen LogP contribution is -2.48. The summed E-state index contributed by atoms with van der Waals surface area (Å²) in [4.78, 5) is 29.2. The summed E-state index contributed by atoms with van der Waals surface area (Å²) < 4.78 is 7.10. The van der Waals surface area contributed by atoms with Gasteiger partial charge in [0.05, 0.1) is 18.4 Å². The number of carbonyl (C=O) groups excluding carboxylic acids is 2. The van der Waals surface area contributed by atoms with Crippen LogP contribution in [0, 0.1) is 0 Å². The zero-order valence-electron chi connectivity index (χ0n) is 18.6. The molecular formula is C23H26N6O3S. The number of thioether (sulfide) groups is 1. The molecule has 0 atom stereocenters. The molecule has 0 radical (unpaired) electrons. The maximum Gasteiger partial charge on any atom is 0.257 e. The first-order valence-electron chi connectivity index (χ1n) is 10.6. The van der Waals surface area contributed by atoms with Crippen molar-refractivity contribution < 1.29 is 14.3 Å². The van der Waals surface area contributed by atoms with Crippen LogP contribution in [0.1, 0.15) is 10.4 Å². The second kappa shape index (κ2) is 10.4. The summed E-state index contributed by atoms with van der Waals surface area (Å²) in [5.74, 6) is 0.748. The summed E-state index contributed by atoms with van der Waals surface area (Å²) in [6, 6.07) is 15.1. The van der Waals surface area contributed by atoms with Gasteiger partial charge in [0.1, 0.15) is 12.1 Å². The van der Waals surface area contributed by atoms with Crippen LogP contribution in [-0.4, -0.2) is 70.5 Å². The Morgan fingerprint density at radius 2 is 1.79 bits per heavy atom. The number of ether oxygens (including phenoxy) is 1. The van der Waals surface area contributed by atoms with E-state index in [-0.39, 0.29) is 17.6 Å². The number of piperazine rings is 1. The Hall–Kier alpha value is -3.53. The van der Waals surface area contributed by atoms with Crippen molar-refractivity contribution in [1.29, 1.82) is 0 Å². The summed E-state index contributed by atoms with van der Waals surface area (Å²) >= 11 is 1.34. The highest BCUT2D eigenvalue weighted by Gasteiger charge is 2.24. The average Bonchev–Trinajstić information content (AvgIpc) is 3.27. The van der Waals surface area contributed by atoms with E-state index in [1.165, 1.54) is 11.8 Å². The Morgan fingerprint density at radius 1 is 1.06 bits per heavy atom. The molecule has 0 bridgehead atoms. The molecular weight excluding hydrogens is 440 g/mol. The molecule has 1 fully saturated rings. The van der Waals surface area contributed by atoms with Gasteiger partial charge in [0.2, 0.25) is 5.91 Å². The summed E-state index contributed by atoms with van der Waals surface area (Å²) in [7, 11) is 3.42. The van der Waals surface area contributed by atoms with Gasteiger partial charge in [0, 0.05) is 44.6 Å². The van der Waals surface area contributed by atoms with Crippen LogP contribution in [0.15, 0.2) is 60.0 Å². The molecule has 1 saturated heterocycles. The third-order valence-electron chi connectivity index (χ3n) is 5.42. The second-order valence-electron chi connectivity index (χ2n) is 7.59. The minimum atomic E-state index is -0.0979. The van der Waals surface area contributed by atoms with Crippen molar-refractivity contribution in [2.45, 2.75) is 5.16 Å². The van der Waals surface area contributed by atoms with Crippen LogP contribution in [0.2, 0.25) is 0 Å². The van der Waals surface area contributed by atoms with Crippen LogP contribution in [0.5, 0.6) is 5.75 Å². The van der Waals surface area contributed by atoms with Crippen LogP contribution < -0.4 is 15.0 Å². The number of aromatic nitrogens is 3. The van der Waals surface area contributed by atoms with Crippen LogP contribution in [0.4, 0.5) is 11.4 Å². The van der Waals surface area contributed by atoms with Crippen molar-refractivity contribution in [3.8, 4) is 5.75 Å². The molecule has 2 amide bonds. The van der Waals surface area contributed by atoms with Crippen molar-refractivity contribution in [1.82, 2.24) is 19.7 Å². The lowest BCUT2D eigenvalue weighted by molar-refractivity contribution is -0.113. The van der Waals surface area contributed by atoms with E-state index in [9.17, 15) is 9.59 Å². The topological polar surface area (TPSA) is 92.6 Å². The first-order valence-corrected chi connectivity index (χ1v) is 11.6. The first kappa shape index (κ1) is 22.7. The minimum Gasteiger partial charge on any atom is -0.496 e. The number of rotatable bonds is 7. The number of methoxy groups -OCH3 is 1. The molecule has 4 rings (SSSR count). The van der Waals surface area contributed by atoms with E-state index in [4.69, 9.17) is 4.74 Å². The Balaban J connectivity index is 1.28. The normalized spacial score (nSPS) is 13.6. The van der Waals surface area contributed by atoms with E-state index in [0.29, 0.717) is 29.6 Å². The number of nitrogens with zero attached hydrogens (tertiary/aromatic N) is 5. The Morgan fingerprint density at radius 3 is 2.45 bits per heavy atom. The van der Waals surface area contributed by atoms with Gasteiger partial charge in [-0.15, -0.1) is 10.2 Å². The fourth-order valence-electron chi connectivity index (χ4n) is 3.65. The lowest BCUT2D eigenvalue weighted by Gasteiger charge is -2.36. The van der Waals surface area contributed by atoms with Gasteiger partial charge in [-0.1, -0.05) is 23.9 Å². The molecule has 172 valence electrons. The number of anilines is 2. The van der Waals surface area contributed by atoms with Crippen molar-refractivity contribution >= 4 is 35.0 Å². The molecule has 1 N–H and O–H groups in total. The molecule has 1 aliphatic heterocycles. The Kier molecular flexibility index (Phi) is 7.13. The van der Waals surface area contributed by atoms with Crippen LogP contribution in [0.25, 0.3) is 0 Å². The van der Waals surface area contributed by atoms with Gasteiger partial charge in [-0.25, -0.2) is 0 Å². The molecule has 3 aromatic rings. The van der Waals surface area contributed by atoms with E-state index < -0.39 is 0 Å². The average molecular weight is 467 g/mol. The molecule has 9 nitrogen and oxygen atoms in total. The van der Waals surface area contributed by atoms with Gasteiger partial charge in [0.25, 0.3) is 5.91 Å². The van der Waals surface area contributed by atoms with E-state index in [1.54, 1.807) is 30.1 Å². The molecule has 0 unspecified atom stereocenters. The highest BCUT2D eigenvalue weighted by Crippen LogP contribution is 2.23. The third kappa shape index (κ3) is 5.46. The van der Waals surface area contributed by atoms with E-state index in [0.717, 1.165) is 24.5 Å². The molecule has 2 heterocycles. The van der Waals surface area contributed by atoms with Crippen LogP contribution in [0.3, 0.4) is 0 Å². The van der Waals surface area contributed by atoms with Crippen molar-refractivity contribution in [2.24, 2.45) is 7.05 Å². The molecule has 33 heavy (non-hydrogen) atoms. The molecule has 1 aliphatic rings. The summed E-state index contributed by atoms with van der Waals surface area (Å²) in [6.07, 6.45) is 1.60. The molecule has 2 aromatic carbocycles. The molecule has 0 spiro atoms. The highest BCUT2D eigenvalue weighted by molar-refractivity contribution is 7.99. The Bertz CT molecular complexity index is 1110. The van der Waals surface area contributed by atoms with Crippen molar-refractivity contribution in [3.63, 3.8) is 0 Å². The van der Waals surface area contributed by atoms with Gasteiger partial charge in [-0.2, -0.15) is 0 Å². The number of amides is 2. The van der Waals surface area contributed by atoms with E-state index in [2.05, 4.69) is 20.4 Å². The fourth-order valence-corrected chi connectivity index (χ4v) is 4.33. The van der Waals surface area contributed by atoms with Gasteiger partial charge in [-0.3, -0.25) is 9.59 Å². The van der Waals surface area contributed by atoms with Gasteiger partial charge >= 0.3 is 0 Å². The molecule has 10 heteroatoms. The number of hydrogen-bond acceptors (Lipinski definition) is 7. The fraction of sp³-hybridized carbons (Fsp3) is 0.304. The third-order valence-corrected chi connectivity index (χ3v) is 6.46. The SMILES string of the molecule is COc1ccccc1C(=O)N1CCN(c2ccc(NC(=O)CSc3nncn3C)cc2)CC1. The summed E-state index contributed by atoms with van der Waals surface area (Å²) in [6.45, 7) is 2.74. The summed E-state index contributed by atoms with van der Waals surface area (Å²) in [5, 5.41) is 11.4. The molecule has 0 aliphatic carbocycles. The smallest absolute Gasteiger partial charge is 0.257 e. The number of nitrogens with one attached hydrogen (secondary N) is 1. The van der Waals surface area contributed by atoms with Gasteiger partial charge < -0.3 is 24.4 Å². The van der Waals surface area contributed by atoms with E-state index >= 15 is 0 Å². The number of hydrogen-bond donors (Lipinski definition) is 1. The second-order valence-corrected chi connectivity index (χ2v) is 8.53. The maximum atomic E-state index is 12.9. The summed E-state index contributed by atoms with van der Waals surface area (Å²) in [5.41, 5.74) is 2.39. The zero-order chi connectivity index (χ0) is 23.2. The Labute approximate surface area is 196 Å². The number of aryl methyl sites for hydroxylation is 1. The minimum absolute atomic E-state index is 0.00986. The zero-order valence-corrected chi connectivity index (χ0v) is 19.4. The lowest BCUT2D eigenvalue weighted by atomic mass is 10.1. The quantitative estimate of drug-likeness (QED) is 0.535. The van der Waals surface area contributed by atoms with Gasteiger partial charge in [0.15, 0.2) is 5.16 Å². The van der Waals surface area contributed by atoms with Crippen molar-refractivity contribution in [2.75, 3.05) is 49.3 Å². The predicted molar refractivity (Wildman–Crippen MR) is 128 cm³/mol. The van der Waals surface area contributed by atoms with Crippen LogP contribution in [-0.2, 0) is 11.8 Å². The molecule has 1 aromatic heterocycles.